The van der Waals surface area contributed by atoms with Crippen LogP contribution in [0.1, 0.15) is 5.69 Å². The second kappa shape index (κ2) is 4.97. The summed E-state index contributed by atoms with van der Waals surface area (Å²) in [6.45, 7) is 0.686. The number of hydrogen-bond donors (Lipinski definition) is 1. The summed E-state index contributed by atoms with van der Waals surface area (Å²) in [7, 11) is 3.29. The van der Waals surface area contributed by atoms with Gasteiger partial charge in [0.25, 0.3) is 0 Å². The highest BCUT2D eigenvalue weighted by Gasteiger charge is 2.06. The number of halogens is 1. The van der Waals surface area contributed by atoms with Crippen LogP contribution in [0.4, 0.5) is 4.39 Å². The molecule has 2 aromatic rings. The Hall–Kier alpha value is -1.88. The lowest BCUT2D eigenvalue weighted by Gasteiger charge is -2.05. The third kappa shape index (κ3) is 2.45. The zero-order chi connectivity index (χ0) is 12.3. The van der Waals surface area contributed by atoms with E-state index in [1.807, 2.05) is 13.1 Å². The van der Waals surface area contributed by atoms with Gasteiger partial charge in [-0.15, -0.1) is 0 Å². The molecule has 0 aliphatic rings. The summed E-state index contributed by atoms with van der Waals surface area (Å²) < 4.78 is 20.0. The molecule has 4 nitrogen and oxygen atoms in total. The highest BCUT2D eigenvalue weighted by Crippen LogP contribution is 2.19. The Morgan fingerprint density at radius 2 is 2.24 bits per heavy atom. The van der Waals surface area contributed by atoms with E-state index in [0.29, 0.717) is 12.2 Å². The second-order valence-electron chi connectivity index (χ2n) is 3.60. The van der Waals surface area contributed by atoms with Gasteiger partial charge in [-0.2, -0.15) is 5.10 Å². The first-order chi connectivity index (χ1) is 8.24. The van der Waals surface area contributed by atoms with Crippen molar-refractivity contribution in [3.05, 3.63) is 42.0 Å². The van der Waals surface area contributed by atoms with Crippen LogP contribution in [0.5, 0.6) is 5.75 Å². The van der Waals surface area contributed by atoms with Gasteiger partial charge in [0, 0.05) is 18.8 Å². The van der Waals surface area contributed by atoms with Gasteiger partial charge in [0.15, 0.2) is 11.6 Å². The van der Waals surface area contributed by atoms with Gasteiger partial charge in [0.2, 0.25) is 0 Å². The number of benzene rings is 1. The SMILES string of the molecule is CNCc1ccn(-c2ccc(OC)c(F)c2)n1. The monoisotopic (exact) mass is 235 g/mol. The molecule has 0 radical (unpaired) electrons. The van der Waals surface area contributed by atoms with E-state index in [4.69, 9.17) is 4.74 Å². The van der Waals surface area contributed by atoms with Crippen molar-refractivity contribution in [1.29, 1.82) is 0 Å². The highest BCUT2D eigenvalue weighted by atomic mass is 19.1. The molecule has 0 bridgehead atoms. The lowest BCUT2D eigenvalue weighted by Crippen LogP contribution is -2.06. The fraction of sp³-hybridized carbons (Fsp3) is 0.250. The standard InChI is InChI=1S/C12H14FN3O/c1-14-8-9-5-6-16(15-9)10-3-4-12(17-2)11(13)7-10/h3-7,14H,8H2,1-2H3. The normalized spacial score (nSPS) is 10.5. The summed E-state index contributed by atoms with van der Waals surface area (Å²) in [5, 5.41) is 7.32. The number of hydrogen-bond acceptors (Lipinski definition) is 3. The number of nitrogens with zero attached hydrogens (tertiary/aromatic N) is 2. The Labute approximate surface area is 99.0 Å². The molecule has 0 fully saturated rings. The van der Waals surface area contributed by atoms with Crippen molar-refractivity contribution < 1.29 is 9.13 Å². The first-order valence-corrected chi connectivity index (χ1v) is 5.27. The van der Waals surface area contributed by atoms with Gasteiger partial charge in [-0.1, -0.05) is 0 Å². The van der Waals surface area contributed by atoms with Crippen LogP contribution in [0.2, 0.25) is 0 Å². The average Bonchev–Trinajstić information content (AvgIpc) is 2.78. The minimum Gasteiger partial charge on any atom is -0.494 e. The van der Waals surface area contributed by atoms with Crippen molar-refractivity contribution in [3.63, 3.8) is 0 Å². The second-order valence-corrected chi connectivity index (χ2v) is 3.60. The molecule has 90 valence electrons. The van der Waals surface area contributed by atoms with Crippen LogP contribution in [0.25, 0.3) is 5.69 Å². The molecule has 0 aliphatic carbocycles. The summed E-state index contributed by atoms with van der Waals surface area (Å²) in [6, 6.07) is 6.63. The van der Waals surface area contributed by atoms with E-state index in [9.17, 15) is 4.39 Å². The maximum absolute atomic E-state index is 13.5. The zero-order valence-electron chi connectivity index (χ0n) is 9.77. The molecule has 0 aliphatic heterocycles. The number of rotatable bonds is 4. The fourth-order valence-electron chi connectivity index (χ4n) is 1.58. The first-order valence-electron chi connectivity index (χ1n) is 5.27. The Morgan fingerprint density at radius 3 is 2.88 bits per heavy atom. The van der Waals surface area contributed by atoms with Crippen molar-refractivity contribution in [3.8, 4) is 11.4 Å². The molecular weight excluding hydrogens is 221 g/mol. The van der Waals surface area contributed by atoms with Crippen LogP contribution >= 0.6 is 0 Å². The summed E-state index contributed by atoms with van der Waals surface area (Å²) in [6.07, 6.45) is 1.80. The zero-order valence-corrected chi connectivity index (χ0v) is 9.77. The van der Waals surface area contributed by atoms with Crippen molar-refractivity contribution in [2.75, 3.05) is 14.2 Å². The Morgan fingerprint density at radius 1 is 1.41 bits per heavy atom. The van der Waals surface area contributed by atoms with Gasteiger partial charge < -0.3 is 10.1 Å². The number of ether oxygens (including phenoxy) is 1. The smallest absolute Gasteiger partial charge is 0.167 e. The lowest BCUT2D eigenvalue weighted by atomic mass is 10.3. The molecular formula is C12H14FN3O. The maximum Gasteiger partial charge on any atom is 0.167 e. The minimum absolute atomic E-state index is 0.233. The van der Waals surface area contributed by atoms with Gasteiger partial charge in [0.1, 0.15) is 0 Å². The molecule has 1 aromatic heterocycles. The lowest BCUT2D eigenvalue weighted by molar-refractivity contribution is 0.386. The molecule has 0 amide bonds. The van der Waals surface area contributed by atoms with Crippen LogP contribution in [-0.2, 0) is 6.54 Å². The van der Waals surface area contributed by atoms with Crippen LogP contribution in [0.15, 0.2) is 30.5 Å². The van der Waals surface area contributed by atoms with Crippen LogP contribution in [0, 0.1) is 5.82 Å². The predicted molar refractivity (Wildman–Crippen MR) is 62.8 cm³/mol. The fourth-order valence-corrected chi connectivity index (χ4v) is 1.58. The van der Waals surface area contributed by atoms with Gasteiger partial charge >= 0.3 is 0 Å². The number of methoxy groups -OCH3 is 1. The molecule has 0 saturated heterocycles. The molecule has 0 unspecified atom stereocenters. The molecule has 5 heteroatoms. The summed E-state index contributed by atoms with van der Waals surface area (Å²) in [5.41, 5.74) is 1.58. The van der Waals surface area contributed by atoms with E-state index >= 15 is 0 Å². The van der Waals surface area contributed by atoms with E-state index < -0.39 is 5.82 Å². The largest absolute Gasteiger partial charge is 0.494 e. The molecule has 0 atom stereocenters. The third-order valence-corrected chi connectivity index (χ3v) is 2.40. The van der Waals surface area contributed by atoms with Gasteiger partial charge in [-0.05, 0) is 25.2 Å². The number of nitrogens with one attached hydrogen (secondary N) is 1. The Kier molecular flexibility index (Phi) is 3.39. The van der Waals surface area contributed by atoms with E-state index in [1.165, 1.54) is 13.2 Å². The molecule has 1 heterocycles. The van der Waals surface area contributed by atoms with E-state index in [1.54, 1.807) is 23.0 Å². The molecule has 1 N–H and O–H groups in total. The van der Waals surface area contributed by atoms with E-state index in [2.05, 4.69) is 10.4 Å². The van der Waals surface area contributed by atoms with E-state index in [0.717, 1.165) is 5.69 Å². The number of aromatic nitrogens is 2. The summed E-state index contributed by atoms with van der Waals surface area (Å²) in [4.78, 5) is 0. The van der Waals surface area contributed by atoms with Crippen molar-refractivity contribution in [1.82, 2.24) is 15.1 Å². The Bertz CT molecular complexity index is 510. The Balaban J connectivity index is 2.29. The predicted octanol–water partition coefficient (Wildman–Crippen LogP) is 1.74. The van der Waals surface area contributed by atoms with Crippen molar-refractivity contribution in [2.45, 2.75) is 6.54 Å². The van der Waals surface area contributed by atoms with Crippen molar-refractivity contribution in [2.24, 2.45) is 0 Å². The quantitative estimate of drug-likeness (QED) is 0.877. The first kappa shape index (κ1) is 11.6. The maximum atomic E-state index is 13.5. The van der Waals surface area contributed by atoms with Crippen LogP contribution in [-0.4, -0.2) is 23.9 Å². The third-order valence-electron chi connectivity index (χ3n) is 2.40. The van der Waals surface area contributed by atoms with E-state index in [-0.39, 0.29) is 5.75 Å². The highest BCUT2D eigenvalue weighted by molar-refractivity contribution is 5.38. The van der Waals surface area contributed by atoms with Gasteiger partial charge in [-0.3, -0.25) is 0 Å². The van der Waals surface area contributed by atoms with Crippen LogP contribution in [0.3, 0.4) is 0 Å². The van der Waals surface area contributed by atoms with Gasteiger partial charge in [-0.25, -0.2) is 9.07 Å². The molecule has 2 rings (SSSR count). The molecule has 1 aromatic carbocycles. The topological polar surface area (TPSA) is 39.1 Å². The molecule has 17 heavy (non-hydrogen) atoms. The van der Waals surface area contributed by atoms with Crippen LogP contribution < -0.4 is 10.1 Å². The van der Waals surface area contributed by atoms with Gasteiger partial charge in [0.05, 0.1) is 18.5 Å². The van der Waals surface area contributed by atoms with Crippen molar-refractivity contribution >= 4 is 0 Å². The molecule has 0 saturated carbocycles. The molecule has 0 spiro atoms. The summed E-state index contributed by atoms with van der Waals surface area (Å²) in [5.74, 6) is -0.160. The average molecular weight is 235 g/mol. The summed E-state index contributed by atoms with van der Waals surface area (Å²) >= 11 is 0. The minimum atomic E-state index is -0.393.